The van der Waals surface area contributed by atoms with Gasteiger partial charge in [0, 0.05) is 12.1 Å². The Bertz CT molecular complexity index is 391. The molecule has 0 fully saturated rings. The third kappa shape index (κ3) is 3.92. The molecule has 5 nitrogen and oxygen atoms in total. The third-order valence-electron chi connectivity index (χ3n) is 2.16. The van der Waals surface area contributed by atoms with E-state index in [1.807, 2.05) is 13.8 Å². The van der Waals surface area contributed by atoms with Crippen LogP contribution < -0.4 is 10.1 Å². The summed E-state index contributed by atoms with van der Waals surface area (Å²) < 4.78 is 9.59. The Morgan fingerprint density at radius 3 is 2.39 bits per heavy atom. The average molecular weight is 255 g/mol. The normalized spacial score (nSPS) is 9.17. The minimum absolute atomic E-state index is 0.0319. The highest BCUT2D eigenvalue weighted by atomic mass is 16.5. The fourth-order valence-electron chi connectivity index (χ4n) is 1.38. The van der Waals surface area contributed by atoms with Crippen LogP contribution in [-0.2, 0) is 11.3 Å². The number of hydrogen-bond acceptors (Lipinski definition) is 5. The Morgan fingerprint density at radius 1 is 1.33 bits per heavy atom. The summed E-state index contributed by atoms with van der Waals surface area (Å²) in [5.74, 6) is -0.173. The van der Waals surface area contributed by atoms with Gasteiger partial charge in [0.15, 0.2) is 11.5 Å². The van der Waals surface area contributed by atoms with Crippen molar-refractivity contribution >= 4 is 5.97 Å². The molecular weight excluding hydrogens is 234 g/mol. The molecule has 0 radical (unpaired) electrons. The van der Waals surface area contributed by atoms with Crippen molar-refractivity contribution in [3.05, 3.63) is 23.3 Å². The van der Waals surface area contributed by atoms with Gasteiger partial charge >= 0.3 is 5.97 Å². The molecule has 102 valence electrons. The standard InChI is InChI=1S/C11H15NO4.C2H6/c1-12-6-8-4-7(11(14)16-3)5-9(15-2)10(8)13;1-2/h4-5,12-13H,6H2,1-3H3;1-2H3. The molecule has 0 bridgehead atoms. The number of rotatable bonds is 4. The van der Waals surface area contributed by atoms with Crippen LogP contribution in [0.15, 0.2) is 12.1 Å². The van der Waals surface area contributed by atoms with E-state index in [1.165, 1.54) is 20.3 Å². The number of phenols is 1. The van der Waals surface area contributed by atoms with Crippen LogP contribution in [0.5, 0.6) is 11.5 Å². The largest absolute Gasteiger partial charge is 0.504 e. The Balaban J connectivity index is 0.00000137. The lowest BCUT2D eigenvalue weighted by atomic mass is 10.1. The zero-order valence-electron chi connectivity index (χ0n) is 11.5. The summed E-state index contributed by atoms with van der Waals surface area (Å²) in [4.78, 5) is 11.4. The number of hydrogen-bond donors (Lipinski definition) is 2. The maximum Gasteiger partial charge on any atom is 0.337 e. The Kier molecular flexibility index (Phi) is 7.54. The molecule has 0 spiro atoms. The summed E-state index contributed by atoms with van der Waals surface area (Å²) in [5.41, 5.74) is 0.935. The molecule has 1 aromatic carbocycles. The summed E-state index contributed by atoms with van der Waals surface area (Å²) in [5, 5.41) is 12.7. The number of ether oxygens (including phenoxy) is 2. The molecule has 0 aromatic heterocycles. The Hall–Kier alpha value is -1.75. The van der Waals surface area contributed by atoms with E-state index in [1.54, 1.807) is 13.1 Å². The maximum absolute atomic E-state index is 11.4. The summed E-state index contributed by atoms with van der Waals surface area (Å²) in [6, 6.07) is 3.01. The molecule has 0 saturated heterocycles. The second-order valence-corrected chi connectivity index (χ2v) is 3.21. The molecule has 0 aliphatic carbocycles. The van der Waals surface area contributed by atoms with Crippen LogP contribution in [0.4, 0.5) is 0 Å². The van der Waals surface area contributed by atoms with Gasteiger partial charge in [-0.3, -0.25) is 0 Å². The number of methoxy groups -OCH3 is 2. The molecule has 5 heteroatoms. The quantitative estimate of drug-likeness (QED) is 0.805. The highest BCUT2D eigenvalue weighted by Gasteiger charge is 2.14. The predicted octanol–water partition coefficient (Wildman–Crippen LogP) is 1.93. The number of aromatic hydroxyl groups is 1. The lowest BCUT2D eigenvalue weighted by Gasteiger charge is -2.10. The van der Waals surface area contributed by atoms with Crippen LogP contribution in [0.2, 0.25) is 0 Å². The molecule has 0 atom stereocenters. The molecule has 18 heavy (non-hydrogen) atoms. The van der Waals surface area contributed by atoms with Gasteiger partial charge in [0.1, 0.15) is 0 Å². The number of carbonyl (C=O) groups excluding carboxylic acids is 1. The topological polar surface area (TPSA) is 67.8 Å². The van der Waals surface area contributed by atoms with E-state index in [-0.39, 0.29) is 11.5 Å². The van der Waals surface area contributed by atoms with E-state index in [0.717, 1.165) is 0 Å². The molecule has 1 aromatic rings. The highest BCUT2D eigenvalue weighted by Crippen LogP contribution is 2.31. The van der Waals surface area contributed by atoms with Crippen LogP contribution in [0.25, 0.3) is 0 Å². The zero-order valence-corrected chi connectivity index (χ0v) is 11.5. The van der Waals surface area contributed by atoms with Crippen molar-refractivity contribution < 1.29 is 19.4 Å². The first-order chi connectivity index (χ1) is 8.63. The summed E-state index contributed by atoms with van der Waals surface area (Å²) in [6.07, 6.45) is 0. The van der Waals surface area contributed by atoms with Gasteiger partial charge in [0.2, 0.25) is 0 Å². The third-order valence-corrected chi connectivity index (χ3v) is 2.16. The number of phenolic OH excluding ortho intramolecular Hbond substituents is 1. The summed E-state index contributed by atoms with van der Waals surface area (Å²) in [7, 11) is 4.48. The van der Waals surface area contributed by atoms with Crippen LogP contribution in [-0.4, -0.2) is 32.3 Å². The molecule has 0 heterocycles. The predicted molar refractivity (Wildman–Crippen MR) is 70.1 cm³/mol. The van der Waals surface area contributed by atoms with E-state index in [0.29, 0.717) is 17.7 Å². The first kappa shape index (κ1) is 16.2. The van der Waals surface area contributed by atoms with E-state index >= 15 is 0 Å². The van der Waals surface area contributed by atoms with E-state index in [2.05, 4.69) is 10.1 Å². The Morgan fingerprint density at radius 2 is 1.94 bits per heavy atom. The minimum atomic E-state index is -0.462. The first-order valence-corrected chi connectivity index (χ1v) is 5.76. The zero-order chi connectivity index (χ0) is 14.1. The average Bonchev–Trinajstić information content (AvgIpc) is 2.42. The molecular formula is C13H21NO4. The number of benzene rings is 1. The molecule has 0 saturated carbocycles. The molecule has 0 unspecified atom stereocenters. The van der Waals surface area contributed by atoms with Crippen LogP contribution in [0.1, 0.15) is 29.8 Å². The van der Waals surface area contributed by atoms with Crippen LogP contribution in [0, 0.1) is 0 Å². The molecule has 0 aliphatic heterocycles. The van der Waals surface area contributed by atoms with Gasteiger partial charge in [-0.25, -0.2) is 4.79 Å². The molecule has 0 amide bonds. The first-order valence-electron chi connectivity index (χ1n) is 5.76. The maximum atomic E-state index is 11.4. The second-order valence-electron chi connectivity index (χ2n) is 3.21. The number of carbonyl (C=O) groups is 1. The van der Waals surface area contributed by atoms with Crippen molar-refractivity contribution in [2.75, 3.05) is 21.3 Å². The summed E-state index contributed by atoms with van der Waals surface area (Å²) >= 11 is 0. The highest BCUT2D eigenvalue weighted by molar-refractivity contribution is 5.90. The van der Waals surface area contributed by atoms with Crippen molar-refractivity contribution in [1.29, 1.82) is 0 Å². The van der Waals surface area contributed by atoms with Gasteiger partial charge in [-0.15, -0.1) is 0 Å². The van der Waals surface area contributed by atoms with Gasteiger partial charge in [0.05, 0.1) is 19.8 Å². The smallest absolute Gasteiger partial charge is 0.337 e. The fraction of sp³-hybridized carbons (Fsp3) is 0.462. The van der Waals surface area contributed by atoms with E-state index < -0.39 is 5.97 Å². The molecule has 1 rings (SSSR count). The van der Waals surface area contributed by atoms with Gasteiger partial charge in [-0.05, 0) is 19.2 Å². The van der Waals surface area contributed by atoms with Crippen molar-refractivity contribution in [3.8, 4) is 11.5 Å². The molecule has 2 N–H and O–H groups in total. The van der Waals surface area contributed by atoms with Crippen molar-refractivity contribution in [2.45, 2.75) is 20.4 Å². The Labute approximate surface area is 108 Å². The van der Waals surface area contributed by atoms with E-state index in [4.69, 9.17) is 4.74 Å². The minimum Gasteiger partial charge on any atom is -0.504 e. The van der Waals surface area contributed by atoms with Gasteiger partial charge in [-0.2, -0.15) is 0 Å². The fourth-order valence-corrected chi connectivity index (χ4v) is 1.38. The van der Waals surface area contributed by atoms with Crippen molar-refractivity contribution in [1.82, 2.24) is 5.32 Å². The number of nitrogens with one attached hydrogen (secondary N) is 1. The van der Waals surface area contributed by atoms with Gasteiger partial charge < -0.3 is 19.9 Å². The second kappa shape index (κ2) is 8.36. The monoisotopic (exact) mass is 255 g/mol. The van der Waals surface area contributed by atoms with Crippen LogP contribution >= 0.6 is 0 Å². The van der Waals surface area contributed by atoms with Crippen molar-refractivity contribution in [3.63, 3.8) is 0 Å². The SMILES string of the molecule is CC.CNCc1cc(C(=O)OC)cc(OC)c1O. The van der Waals surface area contributed by atoms with Crippen molar-refractivity contribution in [2.24, 2.45) is 0 Å². The number of esters is 1. The lowest BCUT2D eigenvalue weighted by Crippen LogP contribution is -2.08. The summed E-state index contributed by atoms with van der Waals surface area (Å²) in [6.45, 7) is 4.44. The van der Waals surface area contributed by atoms with Crippen LogP contribution in [0.3, 0.4) is 0 Å². The van der Waals surface area contributed by atoms with Gasteiger partial charge in [-0.1, -0.05) is 13.8 Å². The lowest BCUT2D eigenvalue weighted by molar-refractivity contribution is 0.0600. The molecule has 0 aliphatic rings. The van der Waals surface area contributed by atoms with Gasteiger partial charge in [0.25, 0.3) is 0 Å². The van der Waals surface area contributed by atoms with E-state index in [9.17, 15) is 9.90 Å².